The summed E-state index contributed by atoms with van der Waals surface area (Å²) in [5.41, 5.74) is 0.769. The summed E-state index contributed by atoms with van der Waals surface area (Å²) in [5.74, 6) is 1.95. The monoisotopic (exact) mass is 344 g/mol. The second-order valence-electron chi connectivity index (χ2n) is 6.82. The van der Waals surface area contributed by atoms with Gasteiger partial charge in [-0.2, -0.15) is 5.10 Å². The lowest BCUT2D eigenvalue weighted by Gasteiger charge is -2.33. The van der Waals surface area contributed by atoms with Crippen molar-refractivity contribution in [3.05, 3.63) is 47.3 Å². The maximum Gasteiger partial charge on any atom is 0.223 e. The lowest BCUT2D eigenvalue weighted by atomic mass is 9.91. The third-order valence-electron chi connectivity index (χ3n) is 4.86. The molecule has 3 rings (SSSR count). The smallest absolute Gasteiger partial charge is 0.223 e. The molecule has 1 atom stereocenters. The van der Waals surface area contributed by atoms with Crippen molar-refractivity contribution in [3.8, 4) is 0 Å². The summed E-state index contributed by atoms with van der Waals surface area (Å²) >= 11 is 0. The van der Waals surface area contributed by atoms with Crippen LogP contribution < -0.4 is 0 Å². The van der Waals surface area contributed by atoms with E-state index in [1.807, 2.05) is 24.0 Å². The summed E-state index contributed by atoms with van der Waals surface area (Å²) in [5, 5.41) is 6.88. The number of likely N-dealkylation sites (tertiary alicyclic amines) is 1. The highest BCUT2D eigenvalue weighted by Crippen LogP contribution is 2.23. The maximum atomic E-state index is 13.7. The SMILES string of the molecule is Cc1nc(CCC(=O)N2CCC[C@@H](CCc3ccccc3F)C2)n[nH]1. The molecule has 2 aromatic rings. The first-order valence-electron chi connectivity index (χ1n) is 9.01. The Bertz CT molecular complexity index is 715. The molecule has 1 aromatic heterocycles. The number of halogens is 1. The number of hydrogen-bond acceptors (Lipinski definition) is 3. The molecule has 5 nitrogen and oxygen atoms in total. The van der Waals surface area contributed by atoms with Crippen LogP contribution in [-0.4, -0.2) is 39.1 Å². The van der Waals surface area contributed by atoms with Gasteiger partial charge in [0.15, 0.2) is 5.82 Å². The quantitative estimate of drug-likeness (QED) is 0.876. The Hall–Kier alpha value is -2.24. The van der Waals surface area contributed by atoms with E-state index >= 15 is 0 Å². The normalized spacial score (nSPS) is 17.7. The van der Waals surface area contributed by atoms with Gasteiger partial charge in [-0.3, -0.25) is 9.89 Å². The van der Waals surface area contributed by atoms with Crippen LogP contribution in [0.25, 0.3) is 0 Å². The van der Waals surface area contributed by atoms with Crippen molar-refractivity contribution in [3.63, 3.8) is 0 Å². The predicted molar refractivity (Wildman–Crippen MR) is 93.5 cm³/mol. The van der Waals surface area contributed by atoms with Gasteiger partial charge in [0.1, 0.15) is 11.6 Å². The molecule has 1 aliphatic rings. The molecule has 0 spiro atoms. The van der Waals surface area contributed by atoms with E-state index < -0.39 is 0 Å². The van der Waals surface area contributed by atoms with Gasteiger partial charge in [-0.05, 0) is 50.2 Å². The van der Waals surface area contributed by atoms with E-state index in [1.165, 1.54) is 6.07 Å². The third kappa shape index (κ3) is 4.87. The second-order valence-corrected chi connectivity index (χ2v) is 6.82. The van der Waals surface area contributed by atoms with E-state index in [0.29, 0.717) is 24.6 Å². The number of carbonyl (C=O) groups excluding carboxylic acids is 1. The summed E-state index contributed by atoms with van der Waals surface area (Å²) in [6.07, 6.45) is 4.79. The summed E-state index contributed by atoms with van der Waals surface area (Å²) in [6, 6.07) is 6.95. The molecule has 0 saturated carbocycles. The van der Waals surface area contributed by atoms with E-state index in [0.717, 1.165) is 50.2 Å². The number of rotatable bonds is 6. The first-order valence-corrected chi connectivity index (χ1v) is 9.01. The van der Waals surface area contributed by atoms with Crippen molar-refractivity contribution >= 4 is 5.91 Å². The minimum atomic E-state index is -0.131. The highest BCUT2D eigenvalue weighted by atomic mass is 19.1. The third-order valence-corrected chi connectivity index (χ3v) is 4.86. The number of amides is 1. The van der Waals surface area contributed by atoms with Gasteiger partial charge in [-0.15, -0.1) is 0 Å². The van der Waals surface area contributed by atoms with Crippen molar-refractivity contribution in [2.75, 3.05) is 13.1 Å². The van der Waals surface area contributed by atoms with Crippen LogP contribution in [-0.2, 0) is 17.6 Å². The van der Waals surface area contributed by atoms with Crippen molar-refractivity contribution < 1.29 is 9.18 Å². The Morgan fingerprint density at radius 2 is 2.20 bits per heavy atom. The zero-order chi connectivity index (χ0) is 17.6. The molecule has 1 aromatic carbocycles. The molecule has 0 radical (unpaired) electrons. The van der Waals surface area contributed by atoms with E-state index in [4.69, 9.17) is 0 Å². The van der Waals surface area contributed by atoms with Crippen LogP contribution in [0.4, 0.5) is 4.39 Å². The van der Waals surface area contributed by atoms with Crippen LogP contribution in [0.2, 0.25) is 0 Å². The number of nitrogens with zero attached hydrogens (tertiary/aromatic N) is 3. The topological polar surface area (TPSA) is 61.9 Å². The molecular weight excluding hydrogens is 319 g/mol. The molecule has 6 heteroatoms. The molecule has 1 aliphatic heterocycles. The van der Waals surface area contributed by atoms with Crippen LogP contribution in [0.1, 0.15) is 42.9 Å². The maximum absolute atomic E-state index is 13.7. The van der Waals surface area contributed by atoms with E-state index in [-0.39, 0.29) is 11.7 Å². The number of H-pyrrole nitrogens is 1. The first kappa shape index (κ1) is 17.6. The van der Waals surface area contributed by atoms with Crippen LogP contribution >= 0.6 is 0 Å². The minimum Gasteiger partial charge on any atom is -0.342 e. The van der Waals surface area contributed by atoms with Gasteiger partial charge in [0.25, 0.3) is 0 Å². The fourth-order valence-electron chi connectivity index (χ4n) is 3.47. The molecule has 25 heavy (non-hydrogen) atoms. The number of nitrogens with one attached hydrogen (secondary N) is 1. The lowest BCUT2D eigenvalue weighted by molar-refractivity contribution is -0.133. The first-order chi connectivity index (χ1) is 12.1. The number of hydrogen-bond donors (Lipinski definition) is 1. The molecule has 134 valence electrons. The summed E-state index contributed by atoms with van der Waals surface area (Å²) in [6.45, 7) is 3.45. The van der Waals surface area contributed by atoms with Gasteiger partial charge in [0, 0.05) is 25.9 Å². The zero-order valence-corrected chi connectivity index (χ0v) is 14.7. The van der Waals surface area contributed by atoms with Crippen LogP contribution in [0, 0.1) is 18.7 Å². The Morgan fingerprint density at radius 1 is 1.36 bits per heavy atom. The van der Waals surface area contributed by atoms with Crippen LogP contribution in [0.15, 0.2) is 24.3 Å². The summed E-state index contributed by atoms with van der Waals surface area (Å²) in [7, 11) is 0. The number of piperidine rings is 1. The average Bonchev–Trinajstić information content (AvgIpc) is 3.04. The van der Waals surface area contributed by atoms with Crippen molar-refractivity contribution in [1.82, 2.24) is 20.1 Å². The summed E-state index contributed by atoms with van der Waals surface area (Å²) in [4.78, 5) is 18.6. The largest absolute Gasteiger partial charge is 0.342 e. The standard InChI is InChI=1S/C19H25FN4O/c1-14-21-18(23-22-14)10-11-19(25)24-12-4-5-15(13-24)8-9-16-6-2-3-7-17(16)20/h2-3,6-7,15H,4-5,8-13H2,1H3,(H,21,22,23)/t15-/m0/s1. The fraction of sp³-hybridized carbons (Fsp3) is 0.526. The average molecular weight is 344 g/mol. The molecular formula is C19H25FN4O. The lowest BCUT2D eigenvalue weighted by Crippen LogP contribution is -2.40. The highest BCUT2D eigenvalue weighted by molar-refractivity contribution is 5.76. The Labute approximate surface area is 147 Å². The van der Waals surface area contributed by atoms with E-state index in [2.05, 4.69) is 15.2 Å². The van der Waals surface area contributed by atoms with Gasteiger partial charge in [-0.1, -0.05) is 18.2 Å². The Morgan fingerprint density at radius 3 is 2.96 bits per heavy atom. The van der Waals surface area contributed by atoms with Crippen molar-refractivity contribution in [1.29, 1.82) is 0 Å². The zero-order valence-electron chi connectivity index (χ0n) is 14.7. The number of aryl methyl sites for hydroxylation is 3. The molecule has 2 heterocycles. The number of aromatic nitrogens is 3. The summed E-state index contributed by atoms with van der Waals surface area (Å²) < 4.78 is 13.7. The number of benzene rings is 1. The van der Waals surface area contributed by atoms with E-state index in [9.17, 15) is 9.18 Å². The van der Waals surface area contributed by atoms with Gasteiger partial charge in [-0.25, -0.2) is 9.37 Å². The number of carbonyl (C=O) groups is 1. The van der Waals surface area contributed by atoms with Crippen LogP contribution in [0.3, 0.4) is 0 Å². The van der Waals surface area contributed by atoms with E-state index in [1.54, 1.807) is 6.07 Å². The van der Waals surface area contributed by atoms with Crippen molar-refractivity contribution in [2.24, 2.45) is 5.92 Å². The van der Waals surface area contributed by atoms with Gasteiger partial charge >= 0.3 is 0 Å². The highest BCUT2D eigenvalue weighted by Gasteiger charge is 2.23. The molecule has 1 N–H and O–H groups in total. The Kier molecular flexibility index (Phi) is 5.79. The number of aromatic amines is 1. The van der Waals surface area contributed by atoms with Gasteiger partial charge in [0.2, 0.25) is 5.91 Å². The molecule has 1 amide bonds. The minimum absolute atomic E-state index is 0.131. The van der Waals surface area contributed by atoms with Gasteiger partial charge < -0.3 is 4.90 Å². The molecule has 1 fully saturated rings. The second kappa shape index (κ2) is 8.23. The Balaban J connectivity index is 1.47. The fourth-order valence-corrected chi connectivity index (χ4v) is 3.47. The molecule has 0 unspecified atom stereocenters. The van der Waals surface area contributed by atoms with Crippen molar-refractivity contribution in [2.45, 2.75) is 45.4 Å². The molecule has 0 bridgehead atoms. The van der Waals surface area contributed by atoms with Crippen LogP contribution in [0.5, 0.6) is 0 Å². The predicted octanol–water partition coefficient (Wildman–Crippen LogP) is 3.06. The van der Waals surface area contributed by atoms with Gasteiger partial charge in [0.05, 0.1) is 0 Å². The molecule has 1 saturated heterocycles. The molecule has 0 aliphatic carbocycles.